The summed E-state index contributed by atoms with van der Waals surface area (Å²) in [5, 5.41) is 2.87. The number of halogens is 2. The van der Waals surface area contributed by atoms with Gasteiger partial charge in [-0.25, -0.2) is 4.39 Å². The van der Waals surface area contributed by atoms with Crippen molar-refractivity contribution in [1.29, 1.82) is 0 Å². The zero-order valence-electron chi connectivity index (χ0n) is 19.3. The molecular formula is C25H24ClFN2O5S. The van der Waals surface area contributed by atoms with Crippen LogP contribution in [0.5, 0.6) is 5.75 Å². The molecule has 7 nitrogen and oxygen atoms in total. The lowest BCUT2D eigenvalue weighted by Crippen LogP contribution is -2.37. The molecule has 0 unspecified atom stereocenters. The van der Waals surface area contributed by atoms with Crippen LogP contribution < -0.4 is 9.50 Å². The van der Waals surface area contributed by atoms with Gasteiger partial charge in [-0.15, -0.1) is 0 Å². The largest absolute Gasteiger partial charge is 0.379 e. The third-order valence-electron chi connectivity index (χ3n) is 5.01. The number of hydrogen-bond acceptors (Lipinski definition) is 5. The summed E-state index contributed by atoms with van der Waals surface area (Å²) >= 11 is 6.15. The fraction of sp³-hybridized carbons (Fsp3) is 0.200. The lowest BCUT2D eigenvalue weighted by Gasteiger charge is -2.28. The molecule has 0 aromatic heterocycles. The van der Waals surface area contributed by atoms with E-state index in [9.17, 15) is 22.4 Å². The predicted octanol–water partition coefficient (Wildman–Crippen LogP) is 5.26. The van der Waals surface area contributed by atoms with Crippen LogP contribution in [-0.4, -0.2) is 31.2 Å². The zero-order chi connectivity index (χ0) is 25.8. The number of nitrogens with one attached hydrogen (secondary N) is 1. The molecule has 0 aliphatic rings. The molecule has 0 radical (unpaired) electrons. The van der Waals surface area contributed by atoms with Gasteiger partial charge < -0.3 is 14.4 Å². The maximum Gasteiger partial charge on any atom is 0.339 e. The van der Waals surface area contributed by atoms with Crippen LogP contribution in [0, 0.1) is 5.82 Å². The van der Waals surface area contributed by atoms with Crippen molar-refractivity contribution in [2.75, 3.05) is 5.32 Å². The molecule has 0 bridgehead atoms. The fourth-order valence-corrected chi connectivity index (χ4v) is 4.45. The van der Waals surface area contributed by atoms with Crippen molar-refractivity contribution in [3.05, 3.63) is 88.7 Å². The van der Waals surface area contributed by atoms with Gasteiger partial charge in [0.25, 0.3) is 5.91 Å². The highest BCUT2D eigenvalue weighted by Crippen LogP contribution is 2.29. The number of nitrogens with zero attached hydrogens (tertiary/aromatic N) is 1. The first-order chi connectivity index (χ1) is 16.5. The lowest BCUT2D eigenvalue weighted by atomic mass is 10.1. The number of carbonyl (C=O) groups is 2. The van der Waals surface area contributed by atoms with Gasteiger partial charge in [0.15, 0.2) is 0 Å². The van der Waals surface area contributed by atoms with E-state index in [4.69, 9.17) is 15.8 Å². The van der Waals surface area contributed by atoms with Crippen molar-refractivity contribution in [3.8, 4) is 5.75 Å². The van der Waals surface area contributed by atoms with Crippen molar-refractivity contribution in [2.45, 2.75) is 38.3 Å². The Morgan fingerprint density at radius 1 is 1.06 bits per heavy atom. The molecule has 1 N–H and O–H groups in total. The van der Waals surface area contributed by atoms with Gasteiger partial charge in [0.05, 0.1) is 12.1 Å². The quantitative estimate of drug-likeness (QED) is 0.411. The topological polar surface area (TPSA) is 92.8 Å². The first-order valence-corrected chi connectivity index (χ1v) is 12.4. The minimum absolute atomic E-state index is 0.0210. The van der Waals surface area contributed by atoms with E-state index in [2.05, 4.69) is 5.32 Å². The molecule has 0 saturated heterocycles. The number of benzene rings is 3. The Morgan fingerprint density at radius 2 is 1.71 bits per heavy atom. The first kappa shape index (κ1) is 26.2. The maximum atomic E-state index is 14.3. The van der Waals surface area contributed by atoms with Gasteiger partial charge in [-0.05, 0) is 68.4 Å². The molecule has 3 aromatic rings. The van der Waals surface area contributed by atoms with Gasteiger partial charge in [0, 0.05) is 29.2 Å². The van der Waals surface area contributed by atoms with Crippen LogP contribution >= 0.6 is 11.6 Å². The highest BCUT2D eigenvalue weighted by atomic mass is 35.5. The third-order valence-corrected chi connectivity index (χ3v) is 6.50. The van der Waals surface area contributed by atoms with Crippen LogP contribution in [0.15, 0.2) is 71.6 Å². The van der Waals surface area contributed by atoms with Crippen LogP contribution in [0.3, 0.4) is 0 Å². The molecule has 10 heteroatoms. The van der Waals surface area contributed by atoms with Crippen LogP contribution in [0.2, 0.25) is 5.02 Å². The molecule has 0 aliphatic heterocycles. The zero-order valence-corrected chi connectivity index (χ0v) is 20.9. The van der Waals surface area contributed by atoms with Crippen LogP contribution in [0.1, 0.15) is 36.7 Å². The lowest BCUT2D eigenvalue weighted by molar-refractivity contribution is -0.114. The summed E-state index contributed by atoms with van der Waals surface area (Å²) < 4.78 is 45.5. The van der Waals surface area contributed by atoms with E-state index in [1.807, 2.05) is 0 Å². The molecule has 0 heterocycles. The summed E-state index contributed by atoms with van der Waals surface area (Å²) in [6.07, 6.45) is 0. The Kier molecular flexibility index (Phi) is 8.14. The van der Waals surface area contributed by atoms with Gasteiger partial charge in [-0.3, -0.25) is 9.59 Å². The van der Waals surface area contributed by atoms with Crippen molar-refractivity contribution in [2.24, 2.45) is 0 Å². The standard InChI is InChI=1S/C25H24ClFN2O5S/c1-16(2)29(25(31)22-6-4-5-7-23(22)27)15-18-14-19(26)8-13-24(18)34-35(32,33)21-11-9-20(10-12-21)28-17(3)30/h4-14,16H,15H2,1-3H3,(H,28,30). The highest BCUT2D eigenvalue weighted by molar-refractivity contribution is 7.87. The second kappa shape index (κ2) is 10.9. The van der Waals surface area contributed by atoms with E-state index < -0.39 is 21.8 Å². The first-order valence-electron chi connectivity index (χ1n) is 10.6. The Labute approximate surface area is 208 Å². The molecule has 0 aliphatic carbocycles. The summed E-state index contributed by atoms with van der Waals surface area (Å²) in [6, 6.07) is 15.1. The number of rotatable bonds is 8. The van der Waals surface area contributed by atoms with E-state index in [0.717, 1.165) is 0 Å². The number of anilines is 1. The summed E-state index contributed by atoms with van der Waals surface area (Å²) in [7, 11) is -4.25. The van der Waals surface area contributed by atoms with Crippen LogP contribution in [-0.2, 0) is 21.5 Å². The van der Waals surface area contributed by atoms with Crippen LogP contribution in [0.4, 0.5) is 10.1 Å². The highest BCUT2D eigenvalue weighted by Gasteiger charge is 2.25. The molecule has 0 spiro atoms. The summed E-state index contributed by atoms with van der Waals surface area (Å²) in [5.41, 5.74) is 0.662. The van der Waals surface area contributed by atoms with Gasteiger partial charge in [-0.2, -0.15) is 8.42 Å². The number of hydrogen-bond donors (Lipinski definition) is 1. The Bertz CT molecular complexity index is 1340. The van der Waals surface area contributed by atoms with Gasteiger partial charge >= 0.3 is 10.1 Å². The predicted molar refractivity (Wildman–Crippen MR) is 131 cm³/mol. The second-order valence-electron chi connectivity index (χ2n) is 8.00. The van der Waals surface area contributed by atoms with Gasteiger partial charge in [-0.1, -0.05) is 23.7 Å². The summed E-state index contributed by atoms with van der Waals surface area (Å²) in [6.45, 7) is 4.79. The van der Waals surface area contributed by atoms with Crippen molar-refractivity contribution in [3.63, 3.8) is 0 Å². The maximum absolute atomic E-state index is 14.3. The third kappa shape index (κ3) is 6.58. The smallest absolute Gasteiger partial charge is 0.339 e. The van der Waals surface area contributed by atoms with Crippen molar-refractivity contribution in [1.82, 2.24) is 4.90 Å². The molecule has 0 atom stereocenters. The number of carbonyl (C=O) groups excluding carboxylic acids is 2. The minimum atomic E-state index is -4.25. The molecule has 3 rings (SSSR count). The molecule has 0 saturated carbocycles. The van der Waals surface area contributed by atoms with Crippen molar-refractivity contribution >= 4 is 39.2 Å². The monoisotopic (exact) mass is 518 g/mol. The average Bonchev–Trinajstić information content (AvgIpc) is 2.78. The average molecular weight is 519 g/mol. The molecule has 35 heavy (non-hydrogen) atoms. The molecule has 3 aromatic carbocycles. The molecule has 2 amide bonds. The normalized spacial score (nSPS) is 11.3. The number of amides is 2. The van der Waals surface area contributed by atoms with E-state index in [1.165, 1.54) is 72.5 Å². The Morgan fingerprint density at radius 3 is 2.31 bits per heavy atom. The van der Waals surface area contributed by atoms with Crippen molar-refractivity contribution < 1.29 is 26.6 Å². The SMILES string of the molecule is CC(=O)Nc1ccc(S(=O)(=O)Oc2ccc(Cl)cc2CN(C(=O)c2ccccc2F)C(C)C)cc1. The Balaban J connectivity index is 1.91. The van der Waals surface area contributed by atoms with E-state index in [1.54, 1.807) is 19.9 Å². The minimum Gasteiger partial charge on any atom is -0.379 e. The van der Waals surface area contributed by atoms with E-state index in [-0.39, 0.29) is 34.7 Å². The van der Waals surface area contributed by atoms with Gasteiger partial charge in [0.2, 0.25) is 5.91 Å². The molecule has 184 valence electrons. The van der Waals surface area contributed by atoms with Gasteiger partial charge in [0.1, 0.15) is 16.5 Å². The Hall–Kier alpha value is -3.43. The fourth-order valence-electron chi connectivity index (χ4n) is 3.29. The molecular weight excluding hydrogens is 495 g/mol. The van der Waals surface area contributed by atoms with Crippen LogP contribution in [0.25, 0.3) is 0 Å². The summed E-state index contributed by atoms with van der Waals surface area (Å²) in [4.78, 5) is 25.5. The van der Waals surface area contributed by atoms with E-state index >= 15 is 0 Å². The van der Waals surface area contributed by atoms with E-state index in [0.29, 0.717) is 16.3 Å². The summed E-state index contributed by atoms with van der Waals surface area (Å²) in [5.74, 6) is -1.52. The molecule has 0 fully saturated rings. The second-order valence-corrected chi connectivity index (χ2v) is 9.98.